The van der Waals surface area contributed by atoms with Gasteiger partial charge in [-0.2, -0.15) is 11.8 Å². The Morgan fingerprint density at radius 3 is 2.78 bits per heavy atom. The van der Waals surface area contributed by atoms with Gasteiger partial charge in [-0.3, -0.25) is 0 Å². The summed E-state index contributed by atoms with van der Waals surface area (Å²) in [6.45, 7) is 2.41. The molecular weight excluding hydrogens is 132 g/mol. The molecule has 0 unspecified atom stereocenters. The quantitative estimate of drug-likeness (QED) is 0.470. The van der Waals surface area contributed by atoms with Gasteiger partial charge in [0, 0.05) is 12.4 Å². The summed E-state index contributed by atoms with van der Waals surface area (Å²) in [5.41, 5.74) is 0. The molecule has 1 nitrogen and oxygen atoms in total. The van der Waals surface area contributed by atoms with E-state index in [0.717, 1.165) is 12.2 Å². The molecule has 0 spiro atoms. The van der Waals surface area contributed by atoms with Crippen LogP contribution in [0.5, 0.6) is 0 Å². The lowest BCUT2D eigenvalue weighted by atomic mass is 10.4. The van der Waals surface area contributed by atoms with Gasteiger partial charge in [-0.15, -0.1) is 0 Å². The Morgan fingerprint density at radius 1 is 1.44 bits per heavy atom. The summed E-state index contributed by atoms with van der Waals surface area (Å²) in [5, 5.41) is 8.36. The van der Waals surface area contributed by atoms with Crippen LogP contribution in [0, 0.1) is 0 Å². The summed E-state index contributed by atoms with van der Waals surface area (Å²) in [6.07, 6.45) is 4.91. The van der Waals surface area contributed by atoms with E-state index >= 15 is 0 Å². The van der Waals surface area contributed by atoms with Crippen LogP contribution in [0.25, 0.3) is 0 Å². The first-order chi connectivity index (χ1) is 4.41. The van der Waals surface area contributed by atoms with E-state index in [1.54, 1.807) is 0 Å². The molecule has 0 saturated carbocycles. The highest BCUT2D eigenvalue weighted by molar-refractivity contribution is 7.99. The van der Waals surface area contributed by atoms with Gasteiger partial charge in [-0.1, -0.05) is 19.1 Å². The maximum atomic E-state index is 8.36. The highest BCUT2D eigenvalue weighted by Crippen LogP contribution is 1.97. The normalized spacial score (nSPS) is 10.9. The third kappa shape index (κ3) is 8.05. The van der Waals surface area contributed by atoms with Crippen molar-refractivity contribution in [3.05, 3.63) is 12.2 Å². The second kappa shape index (κ2) is 8.05. The summed E-state index contributed by atoms with van der Waals surface area (Å²) in [5.74, 6) is 2.25. The molecule has 0 aliphatic carbocycles. The van der Waals surface area contributed by atoms with Gasteiger partial charge in [0.05, 0.1) is 0 Å². The van der Waals surface area contributed by atoms with Gasteiger partial charge in [0.1, 0.15) is 0 Å². The topological polar surface area (TPSA) is 20.2 Å². The number of aliphatic hydroxyl groups is 1. The molecule has 0 fully saturated rings. The van der Waals surface area contributed by atoms with Crippen LogP contribution in [0.15, 0.2) is 12.2 Å². The van der Waals surface area contributed by atoms with Crippen LogP contribution in [-0.4, -0.2) is 23.2 Å². The van der Waals surface area contributed by atoms with E-state index in [4.69, 9.17) is 5.11 Å². The van der Waals surface area contributed by atoms with Crippen molar-refractivity contribution >= 4 is 11.8 Å². The first kappa shape index (κ1) is 9.05. The molecule has 0 aromatic carbocycles. The molecule has 0 amide bonds. The van der Waals surface area contributed by atoms with Crippen molar-refractivity contribution < 1.29 is 5.11 Å². The maximum absolute atomic E-state index is 8.36. The third-order valence-corrected chi connectivity index (χ3v) is 1.72. The SMILES string of the molecule is CCSC/C=C\CCO. The van der Waals surface area contributed by atoms with Gasteiger partial charge >= 0.3 is 0 Å². The molecule has 0 heterocycles. The van der Waals surface area contributed by atoms with Gasteiger partial charge in [0.25, 0.3) is 0 Å². The van der Waals surface area contributed by atoms with E-state index in [2.05, 4.69) is 13.0 Å². The molecule has 0 saturated heterocycles. The molecule has 0 rings (SSSR count). The van der Waals surface area contributed by atoms with Gasteiger partial charge in [-0.05, 0) is 12.2 Å². The van der Waals surface area contributed by atoms with E-state index in [-0.39, 0.29) is 6.61 Å². The predicted molar refractivity (Wildman–Crippen MR) is 43.8 cm³/mol. The Kier molecular flexibility index (Phi) is 8.09. The minimum absolute atomic E-state index is 0.271. The van der Waals surface area contributed by atoms with Crippen molar-refractivity contribution in [2.75, 3.05) is 18.1 Å². The third-order valence-electron chi connectivity index (χ3n) is 0.881. The molecule has 54 valence electrons. The van der Waals surface area contributed by atoms with Crippen LogP contribution in [-0.2, 0) is 0 Å². The molecule has 1 N–H and O–H groups in total. The smallest absolute Gasteiger partial charge is 0.0465 e. The molecule has 0 aliphatic rings. The van der Waals surface area contributed by atoms with Crippen molar-refractivity contribution in [1.29, 1.82) is 0 Å². The van der Waals surface area contributed by atoms with Gasteiger partial charge in [0.2, 0.25) is 0 Å². The van der Waals surface area contributed by atoms with Crippen LogP contribution in [0.1, 0.15) is 13.3 Å². The Bertz CT molecular complexity index is 71.3. The fraction of sp³-hybridized carbons (Fsp3) is 0.714. The monoisotopic (exact) mass is 146 g/mol. The Balaban J connectivity index is 2.86. The average molecular weight is 146 g/mol. The minimum Gasteiger partial charge on any atom is -0.396 e. The van der Waals surface area contributed by atoms with Gasteiger partial charge < -0.3 is 5.11 Å². The van der Waals surface area contributed by atoms with Crippen LogP contribution < -0.4 is 0 Å². The zero-order chi connectivity index (χ0) is 6.95. The van der Waals surface area contributed by atoms with Crippen LogP contribution >= 0.6 is 11.8 Å². The first-order valence-corrected chi connectivity index (χ1v) is 4.41. The summed E-state index contributed by atoms with van der Waals surface area (Å²) < 4.78 is 0. The molecule has 0 aromatic heterocycles. The molecule has 2 heteroatoms. The summed E-state index contributed by atoms with van der Waals surface area (Å²) in [4.78, 5) is 0. The number of rotatable bonds is 5. The lowest BCUT2D eigenvalue weighted by Gasteiger charge is -1.87. The maximum Gasteiger partial charge on any atom is 0.0465 e. The number of hydrogen-bond donors (Lipinski definition) is 1. The van der Waals surface area contributed by atoms with Crippen molar-refractivity contribution in [3.8, 4) is 0 Å². The van der Waals surface area contributed by atoms with E-state index in [1.807, 2.05) is 17.8 Å². The first-order valence-electron chi connectivity index (χ1n) is 3.25. The standard InChI is InChI=1S/C7H14OS/c1-2-9-7-5-3-4-6-8/h3,5,8H,2,4,6-7H2,1H3/b5-3-. The number of aliphatic hydroxyl groups excluding tert-OH is 1. The fourth-order valence-electron chi connectivity index (χ4n) is 0.446. The Labute approximate surface area is 61.2 Å². The molecule has 9 heavy (non-hydrogen) atoms. The summed E-state index contributed by atoms with van der Waals surface area (Å²) in [6, 6.07) is 0. The number of thioether (sulfide) groups is 1. The lowest BCUT2D eigenvalue weighted by molar-refractivity contribution is 0.302. The van der Waals surface area contributed by atoms with Crippen LogP contribution in [0.4, 0.5) is 0 Å². The van der Waals surface area contributed by atoms with E-state index in [1.165, 1.54) is 5.75 Å². The van der Waals surface area contributed by atoms with E-state index < -0.39 is 0 Å². The Morgan fingerprint density at radius 2 is 2.22 bits per heavy atom. The summed E-state index contributed by atoms with van der Waals surface area (Å²) in [7, 11) is 0. The molecule has 0 bridgehead atoms. The fourth-order valence-corrected chi connectivity index (χ4v) is 0.954. The molecule has 0 radical (unpaired) electrons. The van der Waals surface area contributed by atoms with Crippen molar-refractivity contribution in [2.24, 2.45) is 0 Å². The number of hydrogen-bond acceptors (Lipinski definition) is 2. The van der Waals surface area contributed by atoms with Crippen LogP contribution in [0.2, 0.25) is 0 Å². The highest BCUT2D eigenvalue weighted by Gasteiger charge is 1.76. The zero-order valence-corrected chi connectivity index (χ0v) is 6.66. The van der Waals surface area contributed by atoms with E-state index in [0.29, 0.717) is 0 Å². The van der Waals surface area contributed by atoms with Crippen molar-refractivity contribution in [3.63, 3.8) is 0 Å². The minimum atomic E-state index is 0.271. The highest BCUT2D eigenvalue weighted by atomic mass is 32.2. The van der Waals surface area contributed by atoms with E-state index in [9.17, 15) is 0 Å². The average Bonchev–Trinajstić information content (AvgIpc) is 1.89. The zero-order valence-electron chi connectivity index (χ0n) is 5.84. The molecule has 0 atom stereocenters. The van der Waals surface area contributed by atoms with Gasteiger partial charge in [0.15, 0.2) is 0 Å². The molecular formula is C7H14OS. The lowest BCUT2D eigenvalue weighted by Crippen LogP contribution is -1.77. The van der Waals surface area contributed by atoms with Crippen LogP contribution in [0.3, 0.4) is 0 Å². The van der Waals surface area contributed by atoms with Crippen molar-refractivity contribution in [1.82, 2.24) is 0 Å². The largest absolute Gasteiger partial charge is 0.396 e. The predicted octanol–water partition coefficient (Wildman–Crippen LogP) is 1.68. The van der Waals surface area contributed by atoms with Gasteiger partial charge in [-0.25, -0.2) is 0 Å². The summed E-state index contributed by atoms with van der Waals surface area (Å²) >= 11 is 1.89. The second-order valence-electron chi connectivity index (χ2n) is 1.64. The second-order valence-corrected chi connectivity index (χ2v) is 2.96. The Hall–Kier alpha value is 0.0500. The van der Waals surface area contributed by atoms with Crippen molar-refractivity contribution in [2.45, 2.75) is 13.3 Å². The molecule has 0 aromatic rings. The molecule has 0 aliphatic heterocycles.